The third-order valence-corrected chi connectivity index (χ3v) is 3.96. The van der Waals surface area contributed by atoms with Gasteiger partial charge in [-0.1, -0.05) is 0 Å². The van der Waals surface area contributed by atoms with Crippen LogP contribution >= 0.6 is 0 Å². The first kappa shape index (κ1) is 20.7. The van der Waals surface area contributed by atoms with Crippen LogP contribution in [0.5, 0.6) is 0 Å². The quantitative estimate of drug-likeness (QED) is 0.549. The lowest BCUT2D eigenvalue weighted by molar-refractivity contribution is -0.155. The molecule has 8 heteroatoms. The Hall–Kier alpha value is -2.30. The number of likely N-dealkylation sites (tertiary alicyclic amines) is 1. The largest absolute Gasteiger partial charge is 0.467 e. The number of ether oxygens (including phenoxy) is 3. The summed E-state index contributed by atoms with van der Waals surface area (Å²) >= 11 is 0. The Morgan fingerprint density at radius 2 is 1.96 bits per heavy atom. The Morgan fingerprint density at radius 3 is 2.44 bits per heavy atom. The van der Waals surface area contributed by atoms with E-state index in [9.17, 15) is 14.4 Å². The molecule has 1 rings (SSSR count). The normalized spacial score (nSPS) is 22.9. The van der Waals surface area contributed by atoms with Gasteiger partial charge in [-0.3, -0.25) is 9.69 Å². The van der Waals surface area contributed by atoms with Crippen LogP contribution in [0.15, 0.2) is 0 Å². The molecule has 8 nitrogen and oxygen atoms in total. The number of carbonyl (C=O) groups is 3. The van der Waals surface area contributed by atoms with Gasteiger partial charge in [0, 0.05) is 13.0 Å². The Kier molecular flexibility index (Phi) is 6.79. The minimum Gasteiger partial charge on any atom is -0.467 e. The molecular formula is C17H26N2O6. The molecule has 1 aliphatic heterocycles. The fourth-order valence-corrected chi connectivity index (χ4v) is 2.85. The molecule has 1 amide bonds. The molecule has 2 atom stereocenters. The van der Waals surface area contributed by atoms with E-state index in [1.807, 2.05) is 6.07 Å². The molecule has 0 bridgehead atoms. The van der Waals surface area contributed by atoms with Crippen LogP contribution in [0.4, 0.5) is 4.79 Å². The van der Waals surface area contributed by atoms with Crippen molar-refractivity contribution in [2.45, 2.75) is 58.6 Å². The molecule has 140 valence electrons. The van der Waals surface area contributed by atoms with Crippen LogP contribution in [0.2, 0.25) is 0 Å². The second-order valence-corrected chi connectivity index (χ2v) is 7.01. The third kappa shape index (κ3) is 5.08. The number of esters is 2. The number of methoxy groups -OCH3 is 1. The van der Waals surface area contributed by atoms with E-state index in [0.717, 1.165) is 0 Å². The number of hydrogen-bond acceptors (Lipinski definition) is 7. The Bertz CT molecular complexity index is 562. The van der Waals surface area contributed by atoms with Crippen molar-refractivity contribution in [3.8, 4) is 6.07 Å². The van der Waals surface area contributed by atoms with E-state index in [0.29, 0.717) is 0 Å². The minimum absolute atomic E-state index is 0.0411. The van der Waals surface area contributed by atoms with Gasteiger partial charge in [0.15, 0.2) is 0 Å². The molecule has 1 fully saturated rings. The smallest absolute Gasteiger partial charge is 0.411 e. The summed E-state index contributed by atoms with van der Waals surface area (Å²) in [5, 5.41) is 8.90. The molecule has 0 saturated carbocycles. The molecule has 0 spiro atoms. The van der Waals surface area contributed by atoms with Gasteiger partial charge >= 0.3 is 18.0 Å². The molecule has 0 radical (unpaired) electrons. The monoisotopic (exact) mass is 354 g/mol. The lowest BCUT2D eigenvalue weighted by Crippen LogP contribution is -2.44. The van der Waals surface area contributed by atoms with Gasteiger partial charge in [-0.25, -0.2) is 9.59 Å². The van der Waals surface area contributed by atoms with Crippen LogP contribution in [0, 0.1) is 16.7 Å². The Balaban J connectivity index is 3.17. The summed E-state index contributed by atoms with van der Waals surface area (Å²) in [6.07, 6.45) is -0.366. The summed E-state index contributed by atoms with van der Waals surface area (Å²) in [5.41, 5.74) is -1.87. The first-order valence-electron chi connectivity index (χ1n) is 8.22. The van der Waals surface area contributed by atoms with Crippen LogP contribution in [0.1, 0.15) is 47.0 Å². The minimum atomic E-state index is -1.12. The van der Waals surface area contributed by atoms with Crippen molar-refractivity contribution < 1.29 is 28.6 Å². The standard InChI is InChI=1S/C17H26N2O6/c1-6-24-14(21)17(8-7-9-18)10-12(13(20)23-5)19(11-17)15(22)25-16(2,3)4/h12H,6-8,10-11H2,1-5H3/t12-,17-/m0/s1. The number of hydrogen-bond donors (Lipinski definition) is 0. The summed E-state index contributed by atoms with van der Waals surface area (Å²) in [6, 6.07) is 1.04. The van der Waals surface area contributed by atoms with Gasteiger partial charge in [0.1, 0.15) is 11.6 Å². The van der Waals surface area contributed by atoms with Crippen LogP contribution in [0.3, 0.4) is 0 Å². The molecule has 0 unspecified atom stereocenters. The van der Waals surface area contributed by atoms with Gasteiger partial charge in [-0.05, 0) is 40.5 Å². The summed E-state index contributed by atoms with van der Waals surface area (Å²) in [5.74, 6) is -1.15. The van der Waals surface area contributed by atoms with E-state index in [-0.39, 0.29) is 32.4 Å². The second-order valence-electron chi connectivity index (χ2n) is 7.01. The van der Waals surface area contributed by atoms with Crippen molar-refractivity contribution >= 4 is 18.0 Å². The molecule has 25 heavy (non-hydrogen) atoms. The fourth-order valence-electron chi connectivity index (χ4n) is 2.85. The van der Waals surface area contributed by atoms with Crippen molar-refractivity contribution in [2.75, 3.05) is 20.3 Å². The highest BCUT2D eigenvalue weighted by molar-refractivity contribution is 5.86. The van der Waals surface area contributed by atoms with Gasteiger partial charge in [0.05, 0.1) is 25.2 Å². The molecule has 1 heterocycles. The van der Waals surface area contributed by atoms with E-state index in [1.54, 1.807) is 27.7 Å². The molecule has 1 aliphatic rings. The molecule has 0 aliphatic carbocycles. The van der Waals surface area contributed by atoms with Crippen molar-refractivity contribution in [2.24, 2.45) is 5.41 Å². The number of nitrogens with zero attached hydrogens (tertiary/aromatic N) is 2. The zero-order valence-electron chi connectivity index (χ0n) is 15.5. The van der Waals surface area contributed by atoms with E-state index in [4.69, 9.17) is 19.5 Å². The highest BCUT2D eigenvalue weighted by Crippen LogP contribution is 2.41. The fraction of sp³-hybridized carbons (Fsp3) is 0.765. The molecule has 0 aromatic heterocycles. The molecule has 0 N–H and O–H groups in total. The maximum atomic E-state index is 12.5. The van der Waals surface area contributed by atoms with Crippen LogP contribution in [0.25, 0.3) is 0 Å². The van der Waals surface area contributed by atoms with Gasteiger partial charge in [0.2, 0.25) is 0 Å². The molecule has 0 aromatic rings. The lowest BCUT2D eigenvalue weighted by atomic mass is 9.81. The topological polar surface area (TPSA) is 106 Å². The first-order chi connectivity index (χ1) is 11.6. The predicted molar refractivity (Wildman–Crippen MR) is 87.3 cm³/mol. The maximum absolute atomic E-state index is 12.5. The SMILES string of the molecule is CCOC(=O)[C@@]1(CCC#N)C[C@@H](C(=O)OC)N(C(=O)OC(C)(C)C)C1. The Labute approximate surface area is 148 Å². The van der Waals surface area contributed by atoms with Crippen LogP contribution in [-0.4, -0.2) is 54.8 Å². The van der Waals surface area contributed by atoms with Crippen molar-refractivity contribution in [3.05, 3.63) is 0 Å². The first-order valence-corrected chi connectivity index (χ1v) is 8.22. The summed E-state index contributed by atoms with van der Waals surface area (Å²) in [4.78, 5) is 38.4. The van der Waals surface area contributed by atoms with Gasteiger partial charge in [-0.2, -0.15) is 5.26 Å². The molecule has 0 aromatic carbocycles. The molecular weight excluding hydrogens is 328 g/mol. The van der Waals surface area contributed by atoms with E-state index < -0.39 is 35.1 Å². The van der Waals surface area contributed by atoms with E-state index >= 15 is 0 Å². The zero-order chi connectivity index (χ0) is 19.3. The average molecular weight is 354 g/mol. The number of nitriles is 1. The highest BCUT2D eigenvalue weighted by Gasteiger charge is 2.55. The highest BCUT2D eigenvalue weighted by atomic mass is 16.6. The second kappa shape index (κ2) is 8.19. The maximum Gasteiger partial charge on any atom is 0.411 e. The number of amides is 1. The van der Waals surface area contributed by atoms with Crippen LogP contribution < -0.4 is 0 Å². The van der Waals surface area contributed by atoms with Crippen molar-refractivity contribution in [3.63, 3.8) is 0 Å². The van der Waals surface area contributed by atoms with Crippen LogP contribution in [-0.2, 0) is 23.8 Å². The Morgan fingerprint density at radius 1 is 1.32 bits per heavy atom. The molecule has 1 saturated heterocycles. The summed E-state index contributed by atoms with van der Waals surface area (Å²) in [6.45, 7) is 6.92. The van der Waals surface area contributed by atoms with E-state index in [1.165, 1.54) is 12.0 Å². The van der Waals surface area contributed by atoms with Gasteiger partial charge in [0.25, 0.3) is 0 Å². The number of carbonyl (C=O) groups excluding carboxylic acids is 3. The lowest BCUT2D eigenvalue weighted by Gasteiger charge is -2.28. The van der Waals surface area contributed by atoms with Crippen molar-refractivity contribution in [1.29, 1.82) is 5.26 Å². The summed E-state index contributed by atoms with van der Waals surface area (Å²) in [7, 11) is 1.22. The van der Waals surface area contributed by atoms with Gasteiger partial charge in [-0.15, -0.1) is 0 Å². The van der Waals surface area contributed by atoms with E-state index in [2.05, 4.69) is 0 Å². The summed E-state index contributed by atoms with van der Waals surface area (Å²) < 4.78 is 15.3. The zero-order valence-corrected chi connectivity index (χ0v) is 15.5. The third-order valence-electron chi connectivity index (χ3n) is 3.96. The number of rotatable bonds is 5. The average Bonchev–Trinajstić information content (AvgIpc) is 2.92. The van der Waals surface area contributed by atoms with Crippen molar-refractivity contribution in [1.82, 2.24) is 4.90 Å². The predicted octanol–water partition coefficient (Wildman–Crippen LogP) is 2.02. The van der Waals surface area contributed by atoms with Gasteiger partial charge < -0.3 is 14.2 Å².